The van der Waals surface area contributed by atoms with Gasteiger partial charge in [0.2, 0.25) is 0 Å². The van der Waals surface area contributed by atoms with Crippen LogP contribution < -0.4 is 10.1 Å². The monoisotopic (exact) mass is 307 g/mol. The van der Waals surface area contributed by atoms with Crippen LogP contribution in [-0.2, 0) is 13.7 Å². The molecular formula is C16H22ClN3O. The predicted octanol–water partition coefficient (Wildman–Crippen LogP) is 3.63. The lowest BCUT2D eigenvalue weighted by Gasteiger charge is -2.14. The maximum atomic E-state index is 6.20. The quantitative estimate of drug-likeness (QED) is 0.885. The second-order valence-electron chi connectivity index (χ2n) is 5.09. The summed E-state index contributed by atoms with van der Waals surface area (Å²) in [6, 6.07) is 8.56. The van der Waals surface area contributed by atoms with Crippen molar-refractivity contribution >= 4 is 11.6 Å². The molecule has 0 aliphatic heterocycles. The summed E-state index contributed by atoms with van der Waals surface area (Å²) in [5.41, 5.74) is 3.10. The number of benzene rings is 1. The molecule has 1 unspecified atom stereocenters. The summed E-state index contributed by atoms with van der Waals surface area (Å²) in [6.45, 7) is 4.53. The highest BCUT2D eigenvalue weighted by atomic mass is 35.5. The van der Waals surface area contributed by atoms with Crippen LogP contribution in [-0.4, -0.2) is 16.8 Å². The van der Waals surface area contributed by atoms with Crippen LogP contribution >= 0.6 is 11.6 Å². The van der Waals surface area contributed by atoms with Gasteiger partial charge in [0, 0.05) is 18.7 Å². The molecule has 1 N–H and O–H groups in total. The molecule has 0 saturated carbocycles. The van der Waals surface area contributed by atoms with Gasteiger partial charge in [0.05, 0.1) is 5.69 Å². The minimum Gasteiger partial charge on any atom is -0.489 e. The van der Waals surface area contributed by atoms with E-state index in [0.717, 1.165) is 23.4 Å². The Balaban J connectivity index is 2.04. The zero-order valence-corrected chi connectivity index (χ0v) is 13.7. The Morgan fingerprint density at radius 1 is 1.33 bits per heavy atom. The van der Waals surface area contributed by atoms with Crippen molar-refractivity contribution in [1.29, 1.82) is 0 Å². The molecule has 0 aliphatic carbocycles. The largest absolute Gasteiger partial charge is 0.489 e. The summed E-state index contributed by atoms with van der Waals surface area (Å²) in [5, 5.41) is 8.20. The van der Waals surface area contributed by atoms with Gasteiger partial charge in [-0.2, -0.15) is 5.10 Å². The highest BCUT2D eigenvalue weighted by molar-refractivity contribution is 6.30. The molecule has 1 atom stereocenters. The molecule has 1 heterocycles. The lowest BCUT2D eigenvalue weighted by atomic mass is 10.0. The van der Waals surface area contributed by atoms with Gasteiger partial charge in [-0.15, -0.1) is 0 Å². The summed E-state index contributed by atoms with van der Waals surface area (Å²) in [7, 11) is 3.81. The molecule has 0 amide bonds. The van der Waals surface area contributed by atoms with Crippen molar-refractivity contribution in [3.05, 3.63) is 46.2 Å². The topological polar surface area (TPSA) is 39.1 Å². The molecule has 1 aromatic heterocycles. The molecule has 0 radical (unpaired) electrons. The number of rotatable bonds is 6. The molecule has 0 aliphatic rings. The number of nitrogens with zero attached hydrogens (tertiary/aromatic N) is 2. The van der Waals surface area contributed by atoms with Crippen molar-refractivity contribution in [2.75, 3.05) is 7.05 Å². The van der Waals surface area contributed by atoms with Crippen LogP contribution in [0.15, 0.2) is 24.3 Å². The summed E-state index contributed by atoms with van der Waals surface area (Å²) in [4.78, 5) is 0. The summed E-state index contributed by atoms with van der Waals surface area (Å²) < 4.78 is 7.48. The van der Waals surface area contributed by atoms with Gasteiger partial charge in [-0.25, -0.2) is 0 Å². The molecule has 1 aromatic carbocycles. The van der Waals surface area contributed by atoms with E-state index in [1.807, 2.05) is 33.2 Å². The Morgan fingerprint density at radius 3 is 2.48 bits per heavy atom. The zero-order valence-electron chi connectivity index (χ0n) is 13.0. The van der Waals surface area contributed by atoms with Crippen molar-refractivity contribution in [3.63, 3.8) is 0 Å². The number of hydrogen-bond acceptors (Lipinski definition) is 3. The fourth-order valence-corrected chi connectivity index (χ4v) is 2.63. The minimum absolute atomic E-state index is 0.383. The van der Waals surface area contributed by atoms with Crippen LogP contribution in [0.1, 0.15) is 36.2 Å². The first-order chi connectivity index (χ1) is 10.1. The Bertz CT molecular complexity index is 588. The van der Waals surface area contributed by atoms with E-state index in [0.29, 0.717) is 17.8 Å². The van der Waals surface area contributed by atoms with E-state index in [4.69, 9.17) is 16.3 Å². The van der Waals surface area contributed by atoms with E-state index in [-0.39, 0.29) is 0 Å². The molecule has 2 aromatic rings. The molecule has 0 saturated heterocycles. The van der Waals surface area contributed by atoms with Crippen LogP contribution in [0.25, 0.3) is 0 Å². The number of hydrogen-bond donors (Lipinski definition) is 1. The van der Waals surface area contributed by atoms with Gasteiger partial charge in [0.25, 0.3) is 0 Å². The van der Waals surface area contributed by atoms with Crippen molar-refractivity contribution in [2.45, 2.75) is 32.9 Å². The number of aryl methyl sites for hydroxylation is 2. The van der Waals surface area contributed by atoms with Crippen LogP contribution in [0.2, 0.25) is 5.15 Å². The number of nitrogens with one attached hydrogen (secondary N) is 1. The first kappa shape index (κ1) is 15.9. The fourth-order valence-electron chi connectivity index (χ4n) is 2.40. The van der Waals surface area contributed by atoms with E-state index in [9.17, 15) is 0 Å². The Kier molecular flexibility index (Phi) is 5.26. The van der Waals surface area contributed by atoms with Crippen molar-refractivity contribution in [1.82, 2.24) is 15.1 Å². The molecular weight excluding hydrogens is 286 g/mol. The lowest BCUT2D eigenvalue weighted by molar-refractivity contribution is 0.305. The number of aromatic nitrogens is 2. The smallest absolute Gasteiger partial charge is 0.133 e. The number of halogens is 1. The molecule has 4 nitrogen and oxygen atoms in total. The van der Waals surface area contributed by atoms with Crippen molar-refractivity contribution in [2.24, 2.45) is 7.05 Å². The highest BCUT2D eigenvalue weighted by Gasteiger charge is 2.12. The zero-order chi connectivity index (χ0) is 15.4. The molecule has 114 valence electrons. The van der Waals surface area contributed by atoms with Crippen molar-refractivity contribution < 1.29 is 4.74 Å². The van der Waals surface area contributed by atoms with Gasteiger partial charge in [-0.3, -0.25) is 4.68 Å². The maximum Gasteiger partial charge on any atom is 0.133 e. The van der Waals surface area contributed by atoms with E-state index in [2.05, 4.69) is 29.5 Å². The average Bonchev–Trinajstić information content (AvgIpc) is 2.73. The standard InChI is InChI=1S/C16H22ClN3O/c1-5-15(18-3)12-6-8-13(9-7-12)21-10-14-11(2)19-20(4)16(14)17/h6-9,15,18H,5,10H2,1-4H3. The number of ether oxygens (including phenoxy) is 1. The Morgan fingerprint density at radius 2 is 2.00 bits per heavy atom. The molecule has 0 spiro atoms. The normalized spacial score (nSPS) is 12.4. The van der Waals surface area contributed by atoms with Gasteiger partial charge in [0.1, 0.15) is 17.5 Å². The first-order valence-corrected chi connectivity index (χ1v) is 7.52. The summed E-state index contributed by atoms with van der Waals surface area (Å²) >= 11 is 6.20. The van der Waals surface area contributed by atoms with E-state index >= 15 is 0 Å². The SMILES string of the molecule is CCC(NC)c1ccc(OCc2c(C)nn(C)c2Cl)cc1. The van der Waals surface area contributed by atoms with Gasteiger partial charge >= 0.3 is 0 Å². The third-order valence-corrected chi connectivity index (χ3v) is 4.16. The van der Waals surface area contributed by atoms with E-state index < -0.39 is 0 Å². The van der Waals surface area contributed by atoms with Crippen molar-refractivity contribution in [3.8, 4) is 5.75 Å². The third kappa shape index (κ3) is 3.57. The van der Waals surface area contributed by atoms with Crippen LogP contribution in [0.4, 0.5) is 0 Å². The van der Waals surface area contributed by atoms with Gasteiger partial charge in [-0.05, 0) is 38.1 Å². The molecule has 0 bridgehead atoms. The lowest BCUT2D eigenvalue weighted by Crippen LogP contribution is -2.14. The Hall–Kier alpha value is -1.52. The predicted molar refractivity (Wildman–Crippen MR) is 85.8 cm³/mol. The third-order valence-electron chi connectivity index (χ3n) is 3.69. The average molecular weight is 308 g/mol. The van der Waals surface area contributed by atoms with Crippen LogP contribution in [0.5, 0.6) is 5.75 Å². The van der Waals surface area contributed by atoms with Crippen LogP contribution in [0, 0.1) is 6.92 Å². The highest BCUT2D eigenvalue weighted by Crippen LogP contribution is 2.23. The molecule has 0 fully saturated rings. The summed E-state index contributed by atoms with van der Waals surface area (Å²) in [6.07, 6.45) is 1.06. The summed E-state index contributed by atoms with van der Waals surface area (Å²) in [5.74, 6) is 0.837. The molecule has 2 rings (SSSR count). The maximum absolute atomic E-state index is 6.20. The van der Waals surface area contributed by atoms with Gasteiger partial charge in [0.15, 0.2) is 0 Å². The fraction of sp³-hybridized carbons (Fsp3) is 0.438. The molecule has 5 heteroatoms. The van der Waals surface area contributed by atoms with E-state index in [1.54, 1.807) is 4.68 Å². The van der Waals surface area contributed by atoms with Crippen LogP contribution in [0.3, 0.4) is 0 Å². The first-order valence-electron chi connectivity index (χ1n) is 7.14. The Labute approximate surface area is 131 Å². The molecule has 21 heavy (non-hydrogen) atoms. The van der Waals surface area contributed by atoms with Gasteiger partial charge in [-0.1, -0.05) is 30.7 Å². The minimum atomic E-state index is 0.383. The van der Waals surface area contributed by atoms with Gasteiger partial charge < -0.3 is 10.1 Å². The second kappa shape index (κ2) is 6.96. The second-order valence-corrected chi connectivity index (χ2v) is 5.44. The van der Waals surface area contributed by atoms with E-state index in [1.165, 1.54) is 5.56 Å².